The number of hydrogen-bond acceptors (Lipinski definition) is 3. The van der Waals surface area contributed by atoms with E-state index < -0.39 is 0 Å². The first kappa shape index (κ1) is 11.4. The zero-order valence-electron chi connectivity index (χ0n) is 9.49. The fraction of sp³-hybridized carbons (Fsp3) is 1.00. The molecule has 2 rings (SSSR count). The van der Waals surface area contributed by atoms with Gasteiger partial charge in [0, 0.05) is 24.6 Å². The fourth-order valence-electron chi connectivity index (χ4n) is 3.23. The number of aliphatic hydroxyl groups excluding tert-OH is 2. The molecular formula is C12H23NO2. The third-order valence-corrected chi connectivity index (χ3v) is 4.25. The molecule has 0 amide bonds. The van der Waals surface area contributed by atoms with Crippen molar-refractivity contribution in [2.24, 2.45) is 5.41 Å². The van der Waals surface area contributed by atoms with Crippen LogP contribution >= 0.6 is 0 Å². The predicted molar refractivity (Wildman–Crippen MR) is 59.7 cm³/mol. The summed E-state index contributed by atoms with van der Waals surface area (Å²) in [5.74, 6) is 0. The summed E-state index contributed by atoms with van der Waals surface area (Å²) in [6, 6.07) is 0.356. The van der Waals surface area contributed by atoms with Gasteiger partial charge in [-0.05, 0) is 32.2 Å². The molecule has 1 saturated heterocycles. The number of hydrogen-bond donors (Lipinski definition) is 2. The van der Waals surface area contributed by atoms with Crippen LogP contribution in [-0.4, -0.2) is 47.5 Å². The van der Waals surface area contributed by atoms with Gasteiger partial charge < -0.3 is 10.2 Å². The number of rotatable bonds is 4. The Morgan fingerprint density at radius 2 is 1.87 bits per heavy atom. The van der Waals surface area contributed by atoms with Gasteiger partial charge in [0.05, 0.1) is 6.61 Å². The van der Waals surface area contributed by atoms with E-state index in [0.717, 1.165) is 32.4 Å². The highest BCUT2D eigenvalue weighted by Crippen LogP contribution is 2.39. The van der Waals surface area contributed by atoms with Crippen molar-refractivity contribution >= 4 is 0 Å². The summed E-state index contributed by atoms with van der Waals surface area (Å²) < 4.78 is 0. The van der Waals surface area contributed by atoms with Gasteiger partial charge >= 0.3 is 0 Å². The number of aliphatic hydroxyl groups is 2. The molecule has 2 aliphatic rings. The molecule has 88 valence electrons. The van der Waals surface area contributed by atoms with Crippen LogP contribution in [0.4, 0.5) is 0 Å². The highest BCUT2D eigenvalue weighted by Gasteiger charge is 2.37. The largest absolute Gasteiger partial charge is 0.396 e. The van der Waals surface area contributed by atoms with Gasteiger partial charge in [0.2, 0.25) is 0 Å². The van der Waals surface area contributed by atoms with Gasteiger partial charge in [0.25, 0.3) is 0 Å². The quantitative estimate of drug-likeness (QED) is 0.732. The van der Waals surface area contributed by atoms with Crippen molar-refractivity contribution < 1.29 is 10.2 Å². The van der Waals surface area contributed by atoms with Crippen molar-refractivity contribution in [3.8, 4) is 0 Å². The Bertz CT molecular complexity index is 202. The van der Waals surface area contributed by atoms with Crippen LogP contribution in [0.2, 0.25) is 0 Å². The molecule has 0 spiro atoms. The summed E-state index contributed by atoms with van der Waals surface area (Å²) in [6.45, 7) is 2.70. The minimum absolute atomic E-state index is 0.151. The van der Waals surface area contributed by atoms with Gasteiger partial charge in [-0.25, -0.2) is 0 Å². The highest BCUT2D eigenvalue weighted by atomic mass is 16.3. The molecule has 1 heterocycles. The van der Waals surface area contributed by atoms with Crippen LogP contribution in [0.3, 0.4) is 0 Å². The minimum atomic E-state index is 0.151. The average molecular weight is 213 g/mol. The van der Waals surface area contributed by atoms with Crippen LogP contribution in [0.1, 0.15) is 38.5 Å². The Hall–Kier alpha value is -0.120. The van der Waals surface area contributed by atoms with E-state index in [0.29, 0.717) is 12.6 Å². The summed E-state index contributed by atoms with van der Waals surface area (Å²) >= 11 is 0. The number of likely N-dealkylation sites (tertiary alicyclic amines) is 1. The first-order valence-corrected chi connectivity index (χ1v) is 6.25. The Kier molecular flexibility index (Phi) is 3.65. The third kappa shape index (κ3) is 2.35. The van der Waals surface area contributed by atoms with E-state index in [-0.39, 0.29) is 12.0 Å². The maximum atomic E-state index is 9.55. The zero-order chi connectivity index (χ0) is 10.7. The molecule has 15 heavy (non-hydrogen) atoms. The first-order chi connectivity index (χ1) is 7.29. The van der Waals surface area contributed by atoms with E-state index in [1.54, 1.807) is 0 Å². The molecule has 2 fully saturated rings. The van der Waals surface area contributed by atoms with Crippen molar-refractivity contribution in [2.75, 3.05) is 26.3 Å². The van der Waals surface area contributed by atoms with Crippen molar-refractivity contribution in [3.05, 3.63) is 0 Å². The Labute approximate surface area is 92.1 Å². The minimum Gasteiger partial charge on any atom is -0.396 e. The lowest BCUT2D eigenvalue weighted by atomic mass is 9.86. The Morgan fingerprint density at radius 1 is 1.13 bits per heavy atom. The first-order valence-electron chi connectivity index (χ1n) is 6.25. The van der Waals surface area contributed by atoms with Crippen molar-refractivity contribution in [1.82, 2.24) is 4.90 Å². The summed E-state index contributed by atoms with van der Waals surface area (Å²) in [7, 11) is 0. The van der Waals surface area contributed by atoms with Crippen molar-refractivity contribution in [1.29, 1.82) is 0 Å². The average Bonchev–Trinajstić information content (AvgIpc) is 2.88. The molecule has 1 saturated carbocycles. The summed E-state index contributed by atoms with van der Waals surface area (Å²) in [4.78, 5) is 2.39. The molecule has 0 radical (unpaired) electrons. The van der Waals surface area contributed by atoms with E-state index >= 15 is 0 Å². The van der Waals surface area contributed by atoms with E-state index in [2.05, 4.69) is 4.90 Å². The molecule has 2 N–H and O–H groups in total. The smallest absolute Gasteiger partial charge is 0.0586 e. The van der Waals surface area contributed by atoms with Gasteiger partial charge in [-0.2, -0.15) is 0 Å². The Morgan fingerprint density at radius 3 is 2.47 bits per heavy atom. The predicted octanol–water partition coefficient (Wildman–Crippen LogP) is 0.996. The van der Waals surface area contributed by atoms with Gasteiger partial charge in [-0.1, -0.05) is 12.8 Å². The lowest BCUT2D eigenvalue weighted by Crippen LogP contribution is -2.42. The van der Waals surface area contributed by atoms with Crippen LogP contribution in [0.25, 0.3) is 0 Å². The third-order valence-electron chi connectivity index (χ3n) is 4.25. The molecule has 0 aromatic carbocycles. The SMILES string of the molecule is OCC1CCCN1CC1(CO)CCCC1. The van der Waals surface area contributed by atoms with Crippen molar-refractivity contribution in [3.63, 3.8) is 0 Å². The maximum Gasteiger partial charge on any atom is 0.0586 e. The molecule has 0 aromatic heterocycles. The normalized spacial score (nSPS) is 31.2. The van der Waals surface area contributed by atoms with E-state index in [9.17, 15) is 10.2 Å². The Balaban J connectivity index is 1.94. The fourth-order valence-corrected chi connectivity index (χ4v) is 3.23. The molecule has 1 atom stereocenters. The topological polar surface area (TPSA) is 43.7 Å². The van der Waals surface area contributed by atoms with Gasteiger partial charge in [0.1, 0.15) is 0 Å². The molecule has 1 unspecified atom stereocenters. The van der Waals surface area contributed by atoms with E-state index in [1.807, 2.05) is 0 Å². The van der Waals surface area contributed by atoms with Crippen LogP contribution in [-0.2, 0) is 0 Å². The van der Waals surface area contributed by atoms with Gasteiger partial charge in [-0.3, -0.25) is 4.90 Å². The highest BCUT2D eigenvalue weighted by molar-refractivity contribution is 4.90. The molecule has 3 nitrogen and oxygen atoms in total. The zero-order valence-corrected chi connectivity index (χ0v) is 9.49. The summed E-state index contributed by atoms with van der Waals surface area (Å²) in [5.41, 5.74) is 0.151. The van der Waals surface area contributed by atoms with E-state index in [1.165, 1.54) is 19.3 Å². The lowest BCUT2D eigenvalue weighted by molar-refractivity contribution is 0.0585. The summed E-state index contributed by atoms with van der Waals surface area (Å²) in [5, 5.41) is 18.8. The second-order valence-electron chi connectivity index (χ2n) is 5.31. The second kappa shape index (κ2) is 4.81. The molecule has 3 heteroatoms. The summed E-state index contributed by atoms with van der Waals surface area (Å²) in [6.07, 6.45) is 7.18. The molecule has 1 aliphatic carbocycles. The standard InChI is InChI=1S/C12H23NO2/c14-8-11-4-3-7-13(11)9-12(10-15)5-1-2-6-12/h11,14-15H,1-10H2. The molecule has 0 aromatic rings. The number of nitrogens with zero attached hydrogens (tertiary/aromatic N) is 1. The molecule has 1 aliphatic heterocycles. The van der Waals surface area contributed by atoms with E-state index in [4.69, 9.17) is 0 Å². The van der Waals surface area contributed by atoms with Crippen LogP contribution in [0.5, 0.6) is 0 Å². The maximum absolute atomic E-state index is 9.55. The van der Waals surface area contributed by atoms with Crippen LogP contribution < -0.4 is 0 Å². The monoisotopic (exact) mass is 213 g/mol. The van der Waals surface area contributed by atoms with Gasteiger partial charge in [-0.15, -0.1) is 0 Å². The second-order valence-corrected chi connectivity index (χ2v) is 5.31. The van der Waals surface area contributed by atoms with Crippen molar-refractivity contribution in [2.45, 2.75) is 44.6 Å². The molecular weight excluding hydrogens is 190 g/mol. The molecule has 0 bridgehead atoms. The van der Waals surface area contributed by atoms with Crippen LogP contribution in [0.15, 0.2) is 0 Å². The van der Waals surface area contributed by atoms with Crippen LogP contribution in [0, 0.1) is 5.41 Å². The lowest BCUT2D eigenvalue weighted by Gasteiger charge is -2.34. The van der Waals surface area contributed by atoms with Gasteiger partial charge in [0.15, 0.2) is 0 Å².